The highest BCUT2D eigenvalue weighted by atomic mass is 35.5. The Morgan fingerprint density at radius 2 is 1.88 bits per heavy atom. The van der Waals surface area contributed by atoms with Crippen LogP contribution in [0.3, 0.4) is 0 Å². The lowest BCUT2D eigenvalue weighted by atomic mass is 10.1. The number of hydrogen-bond donors (Lipinski definition) is 0. The average molecular weight is 345 g/mol. The monoisotopic (exact) mass is 344 g/mol. The molecule has 0 bridgehead atoms. The molecule has 0 amide bonds. The molecular weight excluding hydrogens is 320 g/mol. The molecule has 5 heteroatoms. The minimum Gasteiger partial charge on any atom is -0.317 e. The molecule has 2 aliphatic rings. The maximum absolute atomic E-state index is 5.98. The van der Waals surface area contributed by atoms with Crippen LogP contribution in [-0.4, -0.2) is 32.8 Å². The van der Waals surface area contributed by atoms with Gasteiger partial charge in [-0.3, -0.25) is 4.90 Å². The van der Waals surface area contributed by atoms with Gasteiger partial charge in [0.05, 0.1) is 6.54 Å². The number of halogens is 1. The van der Waals surface area contributed by atoms with E-state index in [9.17, 15) is 0 Å². The summed E-state index contributed by atoms with van der Waals surface area (Å²) in [6.45, 7) is 3.14. The fourth-order valence-corrected chi connectivity index (χ4v) is 3.37. The topological polar surface area (TPSA) is 34.0 Å². The van der Waals surface area contributed by atoms with Crippen molar-refractivity contribution in [3.05, 3.63) is 46.5 Å². The predicted molar refractivity (Wildman–Crippen MR) is 96.1 cm³/mol. The van der Waals surface area contributed by atoms with Gasteiger partial charge in [-0.05, 0) is 55.7 Å². The van der Waals surface area contributed by atoms with E-state index >= 15 is 0 Å². The van der Waals surface area contributed by atoms with Crippen LogP contribution < -0.4 is 0 Å². The van der Waals surface area contributed by atoms with E-state index in [1.165, 1.54) is 43.6 Å². The van der Waals surface area contributed by atoms with Gasteiger partial charge in [0, 0.05) is 31.1 Å². The van der Waals surface area contributed by atoms with Crippen LogP contribution in [0.1, 0.15) is 48.8 Å². The predicted octanol–water partition coefficient (Wildman–Crippen LogP) is 3.80. The molecule has 0 unspecified atom stereocenters. The summed E-state index contributed by atoms with van der Waals surface area (Å²) in [5, 5.41) is 9.70. The summed E-state index contributed by atoms with van der Waals surface area (Å²) in [6.07, 6.45) is 6.35. The first-order valence-electron chi connectivity index (χ1n) is 9.04. The van der Waals surface area contributed by atoms with Gasteiger partial charge in [0.1, 0.15) is 11.6 Å². The van der Waals surface area contributed by atoms with Crippen molar-refractivity contribution in [3.63, 3.8) is 0 Å². The highest BCUT2D eigenvalue weighted by molar-refractivity contribution is 6.30. The van der Waals surface area contributed by atoms with Crippen molar-refractivity contribution in [3.8, 4) is 0 Å². The summed E-state index contributed by atoms with van der Waals surface area (Å²) in [7, 11) is 2.12. The van der Waals surface area contributed by atoms with Gasteiger partial charge in [0.15, 0.2) is 0 Å². The second kappa shape index (κ2) is 6.85. The Bertz CT molecular complexity index is 686. The molecule has 2 aromatic rings. The van der Waals surface area contributed by atoms with E-state index in [-0.39, 0.29) is 0 Å². The number of rotatable bonds is 8. The van der Waals surface area contributed by atoms with Crippen LogP contribution in [0.25, 0.3) is 0 Å². The minimum atomic E-state index is 0.655. The van der Waals surface area contributed by atoms with Crippen molar-refractivity contribution in [2.75, 3.05) is 13.1 Å². The van der Waals surface area contributed by atoms with Crippen LogP contribution >= 0.6 is 11.6 Å². The van der Waals surface area contributed by atoms with Crippen molar-refractivity contribution in [2.45, 2.75) is 44.6 Å². The Labute approximate surface area is 148 Å². The fourth-order valence-electron chi connectivity index (χ4n) is 3.25. The zero-order chi connectivity index (χ0) is 16.5. The van der Waals surface area contributed by atoms with Crippen molar-refractivity contribution in [1.29, 1.82) is 0 Å². The molecule has 4 nitrogen and oxygen atoms in total. The second-order valence-corrected chi connectivity index (χ2v) is 7.80. The molecule has 1 aromatic heterocycles. The van der Waals surface area contributed by atoms with Crippen molar-refractivity contribution < 1.29 is 0 Å². The van der Waals surface area contributed by atoms with Gasteiger partial charge in [-0.15, -0.1) is 10.2 Å². The molecule has 0 radical (unpaired) electrons. The van der Waals surface area contributed by atoms with Gasteiger partial charge >= 0.3 is 0 Å². The second-order valence-electron chi connectivity index (χ2n) is 7.36. The third kappa shape index (κ3) is 3.98. The largest absolute Gasteiger partial charge is 0.317 e. The van der Waals surface area contributed by atoms with Gasteiger partial charge in [-0.25, -0.2) is 0 Å². The van der Waals surface area contributed by atoms with Crippen LogP contribution in [0.2, 0.25) is 5.02 Å². The summed E-state index contributed by atoms with van der Waals surface area (Å²) in [5.41, 5.74) is 1.34. The van der Waals surface area contributed by atoms with E-state index in [2.05, 4.69) is 38.8 Å². The van der Waals surface area contributed by atoms with Gasteiger partial charge in [-0.1, -0.05) is 23.7 Å². The zero-order valence-electron chi connectivity index (χ0n) is 14.3. The highest BCUT2D eigenvalue weighted by Gasteiger charge is 2.30. The lowest BCUT2D eigenvalue weighted by molar-refractivity contribution is 0.248. The summed E-state index contributed by atoms with van der Waals surface area (Å²) in [4.78, 5) is 2.55. The summed E-state index contributed by atoms with van der Waals surface area (Å²) >= 11 is 5.98. The molecule has 0 atom stereocenters. The van der Waals surface area contributed by atoms with Gasteiger partial charge < -0.3 is 4.57 Å². The van der Waals surface area contributed by atoms with Gasteiger partial charge in [0.25, 0.3) is 0 Å². The molecule has 1 aromatic carbocycles. The zero-order valence-corrected chi connectivity index (χ0v) is 15.0. The van der Waals surface area contributed by atoms with E-state index in [1.807, 2.05) is 12.1 Å². The summed E-state index contributed by atoms with van der Waals surface area (Å²) in [5.74, 6) is 3.82. The van der Waals surface area contributed by atoms with Crippen molar-refractivity contribution >= 4 is 11.6 Å². The van der Waals surface area contributed by atoms with Crippen LogP contribution in [-0.2, 0) is 20.0 Å². The molecule has 128 valence electrons. The van der Waals surface area contributed by atoms with Crippen LogP contribution in [0, 0.1) is 5.92 Å². The molecule has 2 saturated carbocycles. The van der Waals surface area contributed by atoms with E-state index in [4.69, 9.17) is 11.6 Å². The highest BCUT2D eigenvalue weighted by Crippen LogP contribution is 2.39. The Kier molecular flexibility index (Phi) is 4.59. The van der Waals surface area contributed by atoms with Gasteiger partial charge in [-0.2, -0.15) is 0 Å². The lowest BCUT2D eigenvalue weighted by Crippen LogP contribution is -2.29. The smallest absolute Gasteiger partial charge is 0.146 e. The minimum absolute atomic E-state index is 0.655. The van der Waals surface area contributed by atoms with Crippen LogP contribution in [0.15, 0.2) is 24.3 Å². The Morgan fingerprint density at radius 1 is 1.12 bits per heavy atom. The first kappa shape index (κ1) is 16.1. The third-order valence-corrected chi connectivity index (χ3v) is 5.40. The van der Waals surface area contributed by atoms with E-state index in [0.717, 1.165) is 36.3 Å². The molecule has 0 spiro atoms. The first-order chi connectivity index (χ1) is 11.7. The number of aromatic nitrogens is 3. The molecule has 24 heavy (non-hydrogen) atoms. The van der Waals surface area contributed by atoms with E-state index in [1.54, 1.807) is 0 Å². The molecule has 0 aliphatic heterocycles. The summed E-state index contributed by atoms with van der Waals surface area (Å²) < 4.78 is 2.22. The number of benzene rings is 1. The molecule has 2 fully saturated rings. The molecular formula is C19H25ClN4. The van der Waals surface area contributed by atoms with Crippen LogP contribution in [0.5, 0.6) is 0 Å². The van der Waals surface area contributed by atoms with Crippen molar-refractivity contribution in [1.82, 2.24) is 19.7 Å². The molecule has 4 rings (SSSR count). The normalized spacial score (nSPS) is 17.6. The Balaban J connectivity index is 1.40. The summed E-state index contributed by atoms with van der Waals surface area (Å²) in [6, 6.07) is 8.22. The lowest BCUT2D eigenvalue weighted by Gasteiger charge is -2.21. The quantitative estimate of drug-likeness (QED) is 0.730. The van der Waals surface area contributed by atoms with Gasteiger partial charge in [0.2, 0.25) is 0 Å². The third-order valence-electron chi connectivity index (χ3n) is 5.15. The maximum Gasteiger partial charge on any atom is 0.146 e. The average Bonchev–Trinajstić information content (AvgIpc) is 3.49. The van der Waals surface area contributed by atoms with E-state index < -0.39 is 0 Å². The first-order valence-corrected chi connectivity index (χ1v) is 9.42. The Hall–Kier alpha value is -1.39. The molecule has 1 heterocycles. The fraction of sp³-hybridized carbons (Fsp3) is 0.579. The standard InChI is InChI=1S/C19H25ClN4/c1-23-18(21-22-19(23)16-6-7-16)13-24(12-15-2-3-15)11-10-14-4-8-17(20)9-5-14/h4-5,8-9,15-16H,2-3,6-7,10-13H2,1H3. The maximum atomic E-state index is 5.98. The number of nitrogens with zero attached hydrogens (tertiary/aromatic N) is 4. The molecule has 2 aliphatic carbocycles. The SMILES string of the molecule is Cn1c(CN(CCc2ccc(Cl)cc2)CC2CC2)nnc1C1CC1. The number of hydrogen-bond acceptors (Lipinski definition) is 3. The van der Waals surface area contributed by atoms with Crippen molar-refractivity contribution in [2.24, 2.45) is 13.0 Å². The molecule has 0 N–H and O–H groups in total. The van der Waals surface area contributed by atoms with Crippen LogP contribution in [0.4, 0.5) is 0 Å². The Morgan fingerprint density at radius 3 is 2.54 bits per heavy atom. The van der Waals surface area contributed by atoms with E-state index in [0.29, 0.717) is 5.92 Å². The molecule has 0 saturated heterocycles.